The fourth-order valence-corrected chi connectivity index (χ4v) is 3.86. The lowest BCUT2D eigenvalue weighted by Gasteiger charge is -2.08. The number of imidazole rings is 1. The summed E-state index contributed by atoms with van der Waals surface area (Å²) < 4.78 is 22.5. The second kappa shape index (κ2) is 7.79. The average Bonchev–Trinajstić information content (AvgIpc) is 3.48. The van der Waals surface area contributed by atoms with Crippen molar-refractivity contribution >= 4 is 12.2 Å². The van der Waals surface area contributed by atoms with Gasteiger partial charge >= 0.3 is 0 Å². The Morgan fingerprint density at radius 3 is 2.68 bits per heavy atom. The quantitative estimate of drug-likeness (QED) is 0.491. The van der Waals surface area contributed by atoms with E-state index in [1.807, 2.05) is 58.8 Å². The first kappa shape index (κ1) is 19.2. The van der Waals surface area contributed by atoms with Crippen molar-refractivity contribution in [2.75, 3.05) is 7.11 Å². The van der Waals surface area contributed by atoms with Crippen molar-refractivity contribution in [3.05, 3.63) is 83.3 Å². The van der Waals surface area contributed by atoms with Crippen molar-refractivity contribution in [1.29, 1.82) is 0 Å². The first-order valence-corrected chi connectivity index (χ1v) is 10.0. The minimum Gasteiger partial charge on any atom is -0.479 e. The van der Waals surface area contributed by atoms with Crippen LogP contribution in [0.3, 0.4) is 0 Å². The third kappa shape index (κ3) is 3.72. The molecule has 0 aliphatic carbocycles. The zero-order valence-corrected chi connectivity index (χ0v) is 17.2. The van der Waals surface area contributed by atoms with Crippen LogP contribution in [0.4, 0.5) is 4.39 Å². The van der Waals surface area contributed by atoms with Gasteiger partial charge in [-0.2, -0.15) is 5.10 Å². The average molecular weight is 416 g/mol. The Balaban J connectivity index is 1.38. The maximum atomic E-state index is 13.3. The normalized spacial score (nSPS) is 15.5. The van der Waals surface area contributed by atoms with Gasteiger partial charge < -0.3 is 9.30 Å². The monoisotopic (exact) mass is 416 g/mol. The number of fused-ring (bicyclic) bond motifs is 1. The number of ether oxygens (including phenoxy) is 1. The summed E-state index contributed by atoms with van der Waals surface area (Å²) in [4.78, 5) is 13.5. The fraction of sp³-hybridized carbons (Fsp3) is 0.217. The molecular formula is C23H21FN6O. The van der Waals surface area contributed by atoms with Crippen LogP contribution < -0.4 is 4.74 Å². The molecule has 1 aliphatic rings. The molecule has 1 unspecified atom stereocenters. The summed E-state index contributed by atoms with van der Waals surface area (Å²) in [6.07, 6.45) is 8.28. The first-order chi connectivity index (χ1) is 15.1. The van der Waals surface area contributed by atoms with E-state index in [9.17, 15) is 4.39 Å². The molecule has 0 amide bonds. The molecule has 0 radical (unpaired) electrons. The van der Waals surface area contributed by atoms with Crippen LogP contribution in [0.2, 0.25) is 0 Å². The molecule has 4 heterocycles. The molecule has 0 N–H and O–H groups in total. The van der Waals surface area contributed by atoms with Gasteiger partial charge in [0.25, 0.3) is 0 Å². The summed E-state index contributed by atoms with van der Waals surface area (Å²) in [7, 11) is 1.60. The third-order valence-electron chi connectivity index (χ3n) is 5.38. The van der Waals surface area contributed by atoms with E-state index in [4.69, 9.17) is 9.72 Å². The number of rotatable bonds is 5. The SMILES string of the molecule is COc1nc(/C=C/c2nc3n(n2)CCC3c2ccc(F)cc2)ccc1-n1cnc(C)c1. The van der Waals surface area contributed by atoms with Crippen LogP contribution in [-0.2, 0) is 6.54 Å². The van der Waals surface area contributed by atoms with Crippen molar-refractivity contribution in [2.45, 2.75) is 25.8 Å². The first-order valence-electron chi connectivity index (χ1n) is 10.0. The van der Waals surface area contributed by atoms with Crippen molar-refractivity contribution in [1.82, 2.24) is 29.3 Å². The lowest BCUT2D eigenvalue weighted by atomic mass is 9.97. The molecule has 156 valence electrons. The van der Waals surface area contributed by atoms with Gasteiger partial charge in [0, 0.05) is 18.7 Å². The highest BCUT2D eigenvalue weighted by molar-refractivity contribution is 5.65. The summed E-state index contributed by atoms with van der Waals surface area (Å²) in [6.45, 7) is 2.73. The number of benzene rings is 1. The minimum absolute atomic E-state index is 0.131. The van der Waals surface area contributed by atoms with E-state index >= 15 is 0 Å². The van der Waals surface area contributed by atoms with Crippen LogP contribution in [0.15, 0.2) is 48.9 Å². The van der Waals surface area contributed by atoms with Gasteiger partial charge in [-0.3, -0.25) is 0 Å². The molecule has 0 saturated heterocycles. The molecule has 8 heteroatoms. The minimum atomic E-state index is -0.232. The number of pyridine rings is 1. The maximum absolute atomic E-state index is 13.3. The van der Waals surface area contributed by atoms with E-state index in [-0.39, 0.29) is 11.7 Å². The molecule has 5 rings (SSSR count). The number of aryl methyl sites for hydroxylation is 2. The highest BCUT2D eigenvalue weighted by atomic mass is 19.1. The number of hydrogen-bond donors (Lipinski definition) is 0. The van der Waals surface area contributed by atoms with Gasteiger partial charge in [0.2, 0.25) is 5.88 Å². The van der Waals surface area contributed by atoms with Gasteiger partial charge in [0.05, 0.1) is 24.8 Å². The third-order valence-corrected chi connectivity index (χ3v) is 5.38. The molecular weight excluding hydrogens is 395 g/mol. The predicted octanol–water partition coefficient (Wildman–Crippen LogP) is 4.02. The van der Waals surface area contributed by atoms with E-state index in [0.717, 1.165) is 41.4 Å². The Morgan fingerprint density at radius 2 is 1.94 bits per heavy atom. The van der Waals surface area contributed by atoms with E-state index in [0.29, 0.717) is 11.7 Å². The van der Waals surface area contributed by atoms with Crippen LogP contribution in [0.5, 0.6) is 5.88 Å². The van der Waals surface area contributed by atoms with Gasteiger partial charge in [-0.1, -0.05) is 12.1 Å². The van der Waals surface area contributed by atoms with Gasteiger partial charge in [-0.05, 0) is 55.3 Å². The largest absolute Gasteiger partial charge is 0.479 e. The zero-order valence-electron chi connectivity index (χ0n) is 17.2. The highest BCUT2D eigenvalue weighted by Gasteiger charge is 2.27. The van der Waals surface area contributed by atoms with Crippen molar-refractivity contribution in [2.24, 2.45) is 0 Å². The van der Waals surface area contributed by atoms with Gasteiger partial charge in [-0.25, -0.2) is 24.0 Å². The molecule has 1 aliphatic heterocycles. The Hall–Kier alpha value is -3.81. The standard InChI is InChI=1S/C23H21FN6O/c1-15-13-29(14-25-15)20-9-7-18(26-23(20)31-2)8-10-21-27-22-19(11-12-30(22)28-21)16-3-5-17(24)6-4-16/h3-10,13-14,19H,11-12H2,1-2H3/b10-8+. The van der Waals surface area contributed by atoms with Crippen molar-refractivity contribution in [3.63, 3.8) is 0 Å². The van der Waals surface area contributed by atoms with E-state index in [2.05, 4.69) is 15.1 Å². The number of hydrogen-bond acceptors (Lipinski definition) is 5. The summed E-state index contributed by atoms with van der Waals surface area (Å²) in [5.41, 5.74) is 3.53. The summed E-state index contributed by atoms with van der Waals surface area (Å²) in [6, 6.07) is 10.5. The van der Waals surface area contributed by atoms with Crippen LogP contribution in [0.1, 0.15) is 40.9 Å². The van der Waals surface area contributed by atoms with E-state index in [1.165, 1.54) is 12.1 Å². The molecule has 3 aromatic heterocycles. The Bertz CT molecular complexity index is 1260. The number of halogens is 1. The summed E-state index contributed by atoms with van der Waals surface area (Å²) >= 11 is 0. The number of methoxy groups -OCH3 is 1. The molecule has 4 aromatic rings. The van der Waals surface area contributed by atoms with Gasteiger partial charge in [0.15, 0.2) is 5.82 Å². The van der Waals surface area contributed by atoms with Gasteiger partial charge in [-0.15, -0.1) is 0 Å². The topological polar surface area (TPSA) is 70.7 Å². The van der Waals surface area contributed by atoms with Crippen LogP contribution in [0.25, 0.3) is 17.8 Å². The highest BCUT2D eigenvalue weighted by Crippen LogP contribution is 2.33. The summed E-state index contributed by atoms with van der Waals surface area (Å²) in [5.74, 6) is 1.94. The van der Waals surface area contributed by atoms with Gasteiger partial charge in [0.1, 0.15) is 17.3 Å². The lowest BCUT2D eigenvalue weighted by molar-refractivity contribution is 0.395. The van der Waals surface area contributed by atoms with Crippen LogP contribution >= 0.6 is 0 Å². The van der Waals surface area contributed by atoms with Crippen molar-refractivity contribution < 1.29 is 9.13 Å². The fourth-order valence-electron chi connectivity index (χ4n) is 3.86. The van der Waals surface area contributed by atoms with Crippen LogP contribution in [-0.4, -0.2) is 36.4 Å². The second-order valence-electron chi connectivity index (χ2n) is 7.46. The number of nitrogens with zero attached hydrogens (tertiary/aromatic N) is 6. The lowest BCUT2D eigenvalue weighted by Crippen LogP contribution is -1.99. The maximum Gasteiger partial charge on any atom is 0.238 e. The van der Waals surface area contributed by atoms with Crippen LogP contribution in [0, 0.1) is 12.7 Å². The Kier molecular flexibility index (Phi) is 4.82. The molecule has 31 heavy (non-hydrogen) atoms. The molecule has 1 aromatic carbocycles. The number of aromatic nitrogens is 6. The zero-order chi connectivity index (χ0) is 21.4. The molecule has 0 fully saturated rings. The Labute approximate surface area is 178 Å². The summed E-state index contributed by atoms with van der Waals surface area (Å²) in [5, 5.41) is 4.58. The molecule has 1 atom stereocenters. The predicted molar refractivity (Wildman–Crippen MR) is 114 cm³/mol. The van der Waals surface area contributed by atoms with E-state index in [1.54, 1.807) is 13.4 Å². The molecule has 0 spiro atoms. The van der Waals surface area contributed by atoms with E-state index < -0.39 is 0 Å². The smallest absolute Gasteiger partial charge is 0.238 e. The Morgan fingerprint density at radius 1 is 1.10 bits per heavy atom. The second-order valence-corrected chi connectivity index (χ2v) is 7.46. The molecule has 0 bridgehead atoms. The molecule has 7 nitrogen and oxygen atoms in total. The van der Waals surface area contributed by atoms with Crippen molar-refractivity contribution in [3.8, 4) is 11.6 Å². The molecule has 0 saturated carbocycles.